The fourth-order valence-corrected chi connectivity index (χ4v) is 5.34. The summed E-state index contributed by atoms with van der Waals surface area (Å²) in [7, 11) is 1.91. The van der Waals surface area contributed by atoms with Crippen molar-refractivity contribution in [3.63, 3.8) is 0 Å². The van der Waals surface area contributed by atoms with Gasteiger partial charge in [0.1, 0.15) is 0 Å². The monoisotopic (exact) mass is 447 g/mol. The van der Waals surface area contributed by atoms with E-state index >= 15 is 0 Å². The number of hydrogen-bond donors (Lipinski definition) is 3. The van der Waals surface area contributed by atoms with E-state index in [0.29, 0.717) is 6.04 Å². The van der Waals surface area contributed by atoms with Gasteiger partial charge in [0.15, 0.2) is 5.82 Å². The second-order valence-electron chi connectivity index (χ2n) is 9.69. The molecule has 1 aliphatic carbocycles. The number of rotatable bonds is 6. The van der Waals surface area contributed by atoms with Crippen molar-refractivity contribution in [2.45, 2.75) is 50.3 Å². The largest absolute Gasteiger partial charge is 0.385 e. The Labute approximate surface area is 194 Å². The average Bonchev–Trinajstić information content (AvgIpc) is 3.10. The topological polar surface area (TPSA) is 82.4 Å². The number of aromatic nitrogens is 2. The minimum absolute atomic E-state index is 0.00629. The number of carbonyl (C=O) groups excluding carboxylic acids is 1. The van der Waals surface area contributed by atoms with Crippen molar-refractivity contribution in [1.82, 2.24) is 20.0 Å². The van der Waals surface area contributed by atoms with Gasteiger partial charge < -0.3 is 15.7 Å². The second-order valence-corrected chi connectivity index (χ2v) is 9.69. The summed E-state index contributed by atoms with van der Waals surface area (Å²) in [5, 5.41) is 22.9. The normalized spacial score (nSPS) is 23.9. The number of amides is 1. The third-order valence-corrected chi connectivity index (χ3v) is 7.31. The summed E-state index contributed by atoms with van der Waals surface area (Å²) in [5.41, 5.74) is 2.55. The molecule has 0 radical (unpaired) electrons. The molecule has 0 unspecified atom stereocenters. The van der Waals surface area contributed by atoms with Gasteiger partial charge in [0, 0.05) is 31.6 Å². The lowest BCUT2D eigenvalue weighted by Crippen LogP contribution is -2.63. The molecule has 2 heterocycles. The molecule has 3 N–H and O–H groups in total. The first kappa shape index (κ1) is 21.9. The van der Waals surface area contributed by atoms with Crippen molar-refractivity contribution in [3.05, 3.63) is 59.7 Å². The van der Waals surface area contributed by atoms with Gasteiger partial charge in [-0.1, -0.05) is 42.0 Å². The number of likely N-dealkylation sites (tertiary alicyclic amines) is 1. The van der Waals surface area contributed by atoms with Crippen LogP contribution in [0.15, 0.2) is 48.5 Å². The van der Waals surface area contributed by atoms with Crippen LogP contribution >= 0.6 is 0 Å². The lowest BCUT2D eigenvalue weighted by atomic mass is 9.76. The summed E-state index contributed by atoms with van der Waals surface area (Å²) >= 11 is 0. The molecule has 1 saturated carbocycles. The molecule has 0 atom stereocenters. The van der Waals surface area contributed by atoms with Crippen LogP contribution in [-0.4, -0.2) is 57.4 Å². The molecule has 2 aliphatic rings. The molecule has 0 spiro atoms. The number of fused-ring (bicyclic) bond motifs is 1. The first-order chi connectivity index (χ1) is 15.9. The third-order valence-electron chi connectivity index (χ3n) is 7.31. The smallest absolute Gasteiger partial charge is 0.239 e. The molecule has 5 rings (SSSR count). The Morgan fingerprint density at radius 3 is 2.61 bits per heavy atom. The molecule has 1 aromatic heterocycles. The first-order valence-electron chi connectivity index (χ1n) is 11.9. The Kier molecular flexibility index (Phi) is 5.85. The van der Waals surface area contributed by atoms with Crippen molar-refractivity contribution in [3.8, 4) is 0 Å². The maximum Gasteiger partial charge on any atom is 0.239 e. The van der Waals surface area contributed by atoms with E-state index in [9.17, 15) is 9.90 Å². The van der Waals surface area contributed by atoms with Gasteiger partial charge in [0.25, 0.3) is 0 Å². The van der Waals surface area contributed by atoms with Crippen LogP contribution in [0.5, 0.6) is 0 Å². The quantitative estimate of drug-likeness (QED) is 0.541. The molecule has 2 aromatic carbocycles. The third kappa shape index (κ3) is 4.48. The molecule has 3 aromatic rings. The number of nitrogens with zero attached hydrogens (tertiary/aromatic N) is 3. The van der Waals surface area contributed by atoms with Crippen molar-refractivity contribution >= 4 is 22.6 Å². The zero-order chi connectivity index (χ0) is 23.0. The zero-order valence-electron chi connectivity index (χ0n) is 19.4. The van der Waals surface area contributed by atoms with Crippen LogP contribution in [0.4, 0.5) is 5.82 Å². The van der Waals surface area contributed by atoms with Crippen LogP contribution in [0.2, 0.25) is 0 Å². The van der Waals surface area contributed by atoms with Gasteiger partial charge in [0.2, 0.25) is 5.91 Å². The Morgan fingerprint density at radius 1 is 1.15 bits per heavy atom. The first-order valence-corrected chi connectivity index (χ1v) is 11.9. The van der Waals surface area contributed by atoms with Gasteiger partial charge in [-0.25, -0.2) is 0 Å². The van der Waals surface area contributed by atoms with Crippen LogP contribution in [0.1, 0.15) is 36.8 Å². The van der Waals surface area contributed by atoms with Crippen LogP contribution in [0.3, 0.4) is 0 Å². The fourth-order valence-electron chi connectivity index (χ4n) is 5.34. The number of hydrogen-bond acceptors (Lipinski definition) is 5. The van der Waals surface area contributed by atoms with Gasteiger partial charge in [-0.05, 0) is 50.3 Å². The van der Waals surface area contributed by atoms with Gasteiger partial charge >= 0.3 is 0 Å². The molecule has 1 saturated heterocycles. The van der Waals surface area contributed by atoms with Crippen molar-refractivity contribution in [1.29, 1.82) is 0 Å². The number of aryl methyl sites for hydroxylation is 2. The van der Waals surface area contributed by atoms with E-state index in [1.54, 1.807) is 0 Å². The maximum absolute atomic E-state index is 12.5. The Balaban J connectivity index is 1.07. The zero-order valence-corrected chi connectivity index (χ0v) is 19.4. The van der Waals surface area contributed by atoms with E-state index in [0.717, 1.165) is 61.1 Å². The highest BCUT2D eigenvalue weighted by Crippen LogP contribution is 2.39. The summed E-state index contributed by atoms with van der Waals surface area (Å²) in [6, 6.07) is 16.9. The van der Waals surface area contributed by atoms with Crippen LogP contribution in [-0.2, 0) is 17.4 Å². The van der Waals surface area contributed by atoms with Gasteiger partial charge in [0.05, 0.1) is 23.7 Å². The van der Waals surface area contributed by atoms with Crippen LogP contribution < -0.4 is 10.6 Å². The standard InChI is InChI=1S/C26H33N5O2/c1-18-8-9-23-22(14-18)25(29-30(23)2)27-15-24(32)28-20-16-31(17-20)21-10-12-26(33,13-11-21)19-6-4-3-5-7-19/h3-9,14,20-21,33H,10-13,15-17H2,1-2H3,(H,27,29)(H,28,32)/t21-,26-. The number of aliphatic hydroxyl groups is 1. The van der Waals surface area contributed by atoms with Crippen molar-refractivity contribution < 1.29 is 9.90 Å². The van der Waals surface area contributed by atoms with E-state index in [2.05, 4.69) is 45.8 Å². The van der Waals surface area contributed by atoms with Gasteiger partial charge in [-0.3, -0.25) is 14.4 Å². The summed E-state index contributed by atoms with van der Waals surface area (Å²) in [4.78, 5) is 14.9. The lowest BCUT2D eigenvalue weighted by Gasteiger charge is -2.48. The fraction of sp³-hybridized carbons (Fsp3) is 0.462. The van der Waals surface area contributed by atoms with E-state index in [4.69, 9.17) is 0 Å². The summed E-state index contributed by atoms with van der Waals surface area (Å²) in [6.07, 6.45) is 3.55. The van der Waals surface area contributed by atoms with Crippen LogP contribution in [0.25, 0.3) is 10.9 Å². The summed E-state index contributed by atoms with van der Waals surface area (Å²) in [6.45, 7) is 4.03. The highest BCUT2D eigenvalue weighted by Gasteiger charge is 2.40. The van der Waals surface area contributed by atoms with E-state index < -0.39 is 5.60 Å². The minimum Gasteiger partial charge on any atom is -0.385 e. The molecular formula is C26H33N5O2. The molecule has 174 valence electrons. The molecule has 2 fully saturated rings. The molecule has 0 bridgehead atoms. The number of anilines is 1. The molecule has 1 amide bonds. The molecular weight excluding hydrogens is 414 g/mol. The van der Waals surface area contributed by atoms with Crippen molar-refractivity contribution in [2.75, 3.05) is 25.0 Å². The second kappa shape index (κ2) is 8.80. The number of nitrogens with one attached hydrogen (secondary N) is 2. The molecule has 33 heavy (non-hydrogen) atoms. The Hall–Kier alpha value is -2.90. The average molecular weight is 448 g/mol. The van der Waals surface area contributed by atoms with Crippen LogP contribution in [0, 0.1) is 6.92 Å². The van der Waals surface area contributed by atoms with Gasteiger partial charge in [-0.2, -0.15) is 5.10 Å². The SMILES string of the molecule is Cc1ccc2c(c1)c(NCC(=O)NC1CN([C@H]3CC[C@@](O)(c4ccccc4)CC3)C1)nn2C. The van der Waals surface area contributed by atoms with E-state index in [1.807, 2.05) is 42.1 Å². The lowest BCUT2D eigenvalue weighted by molar-refractivity contribution is -0.121. The molecule has 7 nitrogen and oxygen atoms in total. The minimum atomic E-state index is -0.698. The molecule has 1 aliphatic heterocycles. The predicted octanol–water partition coefficient (Wildman–Crippen LogP) is 2.92. The molecule has 7 heteroatoms. The van der Waals surface area contributed by atoms with E-state index in [1.165, 1.54) is 5.56 Å². The van der Waals surface area contributed by atoms with E-state index in [-0.39, 0.29) is 18.5 Å². The summed E-state index contributed by atoms with van der Waals surface area (Å²) in [5.74, 6) is 0.739. The number of carbonyl (C=O) groups is 1. The highest BCUT2D eigenvalue weighted by atomic mass is 16.3. The summed E-state index contributed by atoms with van der Waals surface area (Å²) < 4.78 is 1.84. The van der Waals surface area contributed by atoms with Crippen molar-refractivity contribution in [2.24, 2.45) is 7.05 Å². The van der Waals surface area contributed by atoms with Gasteiger partial charge in [-0.15, -0.1) is 0 Å². The Morgan fingerprint density at radius 2 is 1.88 bits per heavy atom. The number of benzene rings is 2. The predicted molar refractivity (Wildman–Crippen MR) is 130 cm³/mol. The maximum atomic E-state index is 12.5. The highest BCUT2D eigenvalue weighted by molar-refractivity contribution is 5.92. The Bertz CT molecular complexity index is 1130.